The van der Waals surface area contributed by atoms with Crippen LogP contribution < -0.4 is 5.73 Å². The highest BCUT2D eigenvalue weighted by atomic mass is 19.4. The lowest BCUT2D eigenvalue weighted by atomic mass is 10.2. The zero-order valence-corrected chi connectivity index (χ0v) is 8.37. The molecule has 0 aromatic carbocycles. The number of rotatable bonds is 0. The molecule has 1 aliphatic heterocycles. The van der Waals surface area contributed by atoms with Gasteiger partial charge in [0.05, 0.1) is 0 Å². The second-order valence-electron chi connectivity index (χ2n) is 3.32. The van der Waals surface area contributed by atoms with Crippen molar-refractivity contribution in [1.29, 1.82) is 0 Å². The van der Waals surface area contributed by atoms with Crippen LogP contribution >= 0.6 is 0 Å². The summed E-state index contributed by atoms with van der Waals surface area (Å²) in [4.78, 5) is 29.5. The van der Waals surface area contributed by atoms with E-state index in [0.29, 0.717) is 4.90 Å². The van der Waals surface area contributed by atoms with Crippen LogP contribution in [0, 0.1) is 0 Å². The highest BCUT2D eigenvalue weighted by Gasteiger charge is 2.42. The topological polar surface area (TPSA) is 89.2 Å². The summed E-state index contributed by atoms with van der Waals surface area (Å²) >= 11 is 0. The molecule has 0 atom stereocenters. The van der Waals surface area contributed by atoms with Gasteiger partial charge in [0.15, 0.2) is 0 Å². The molecule has 6 nitrogen and oxygen atoms in total. The van der Waals surface area contributed by atoms with Crippen LogP contribution in [0.5, 0.6) is 0 Å². The largest absolute Gasteiger partial charge is 0.451 e. The van der Waals surface area contributed by atoms with E-state index in [9.17, 15) is 22.8 Å². The van der Waals surface area contributed by atoms with Gasteiger partial charge >= 0.3 is 6.18 Å². The first kappa shape index (κ1) is 11.3. The summed E-state index contributed by atoms with van der Waals surface area (Å²) in [5.74, 6) is -3.92. The molecule has 0 aliphatic carbocycles. The van der Waals surface area contributed by atoms with E-state index < -0.39 is 35.3 Å². The quantitative estimate of drug-likeness (QED) is 0.665. The second-order valence-corrected chi connectivity index (χ2v) is 3.32. The number of aromatic nitrogens is 2. The van der Waals surface area contributed by atoms with Crippen molar-refractivity contribution in [3.63, 3.8) is 0 Å². The molecule has 0 bridgehead atoms. The van der Waals surface area contributed by atoms with Gasteiger partial charge in [-0.2, -0.15) is 13.2 Å². The fraction of sp³-hybridized carbons (Fsp3) is 0.250. The van der Waals surface area contributed by atoms with E-state index in [1.54, 1.807) is 0 Å². The van der Waals surface area contributed by atoms with Crippen molar-refractivity contribution >= 4 is 17.6 Å². The average molecular weight is 246 g/mol. The Labute approximate surface area is 92.2 Å². The Balaban J connectivity index is 2.69. The minimum absolute atomic E-state index is 0.384. The fourth-order valence-corrected chi connectivity index (χ4v) is 1.39. The van der Waals surface area contributed by atoms with E-state index in [4.69, 9.17) is 5.73 Å². The molecule has 2 rings (SSSR count). The number of anilines is 1. The van der Waals surface area contributed by atoms with Gasteiger partial charge in [-0.1, -0.05) is 0 Å². The maximum atomic E-state index is 12.4. The van der Waals surface area contributed by atoms with Crippen LogP contribution in [-0.2, 0) is 6.18 Å². The lowest BCUT2D eigenvalue weighted by molar-refractivity contribution is -0.144. The minimum Gasteiger partial charge on any atom is -0.383 e. The normalized spacial score (nSPS) is 15.4. The first-order valence-electron chi connectivity index (χ1n) is 4.30. The van der Waals surface area contributed by atoms with Crippen LogP contribution in [0.3, 0.4) is 0 Å². The smallest absolute Gasteiger partial charge is 0.383 e. The van der Waals surface area contributed by atoms with Crippen LogP contribution in [0.2, 0.25) is 0 Å². The van der Waals surface area contributed by atoms with Crippen molar-refractivity contribution in [2.75, 3.05) is 12.8 Å². The molecular formula is C8H5F3N4O2. The molecule has 0 fully saturated rings. The molecule has 9 heteroatoms. The van der Waals surface area contributed by atoms with Gasteiger partial charge in [0.2, 0.25) is 5.82 Å². The Morgan fingerprint density at radius 3 is 2.29 bits per heavy atom. The Morgan fingerprint density at radius 2 is 1.76 bits per heavy atom. The number of hydrogen-bond donors (Lipinski definition) is 1. The van der Waals surface area contributed by atoms with Crippen LogP contribution in [-0.4, -0.2) is 33.7 Å². The minimum atomic E-state index is -4.83. The standard InChI is InChI=1S/C8H5F3N4O2/c1-15-5(16)2-3(6(15)17)13-7(8(9,10)11)14-4(2)12/h1H3,(H2,12,13,14). The van der Waals surface area contributed by atoms with Crippen LogP contribution in [0.15, 0.2) is 0 Å². The fourth-order valence-electron chi connectivity index (χ4n) is 1.39. The molecule has 0 saturated heterocycles. The monoisotopic (exact) mass is 246 g/mol. The lowest BCUT2D eigenvalue weighted by Gasteiger charge is -2.06. The first-order valence-corrected chi connectivity index (χ1v) is 4.30. The molecule has 2 N–H and O–H groups in total. The van der Waals surface area contributed by atoms with Crippen molar-refractivity contribution in [2.45, 2.75) is 6.18 Å². The number of fused-ring (bicyclic) bond motifs is 1. The van der Waals surface area contributed by atoms with Crippen molar-refractivity contribution in [3.05, 3.63) is 17.1 Å². The van der Waals surface area contributed by atoms with Gasteiger partial charge in [0.25, 0.3) is 11.8 Å². The Bertz CT molecular complexity index is 540. The van der Waals surface area contributed by atoms with E-state index in [-0.39, 0.29) is 5.56 Å². The maximum absolute atomic E-state index is 12.4. The average Bonchev–Trinajstić information content (AvgIpc) is 2.43. The van der Waals surface area contributed by atoms with E-state index in [0.717, 1.165) is 7.05 Å². The number of carbonyl (C=O) groups excluding carboxylic acids is 2. The summed E-state index contributed by atoms with van der Waals surface area (Å²) < 4.78 is 37.1. The molecule has 1 aromatic heterocycles. The van der Waals surface area contributed by atoms with Gasteiger partial charge in [-0.05, 0) is 0 Å². The molecule has 90 valence electrons. The van der Waals surface area contributed by atoms with Gasteiger partial charge in [0.1, 0.15) is 17.1 Å². The molecule has 0 radical (unpaired) electrons. The third-order valence-electron chi connectivity index (χ3n) is 2.22. The number of amides is 2. The number of imide groups is 1. The lowest BCUT2D eigenvalue weighted by Crippen LogP contribution is -2.24. The maximum Gasteiger partial charge on any atom is 0.451 e. The summed E-state index contributed by atoms with van der Waals surface area (Å²) in [7, 11) is 1.12. The third-order valence-corrected chi connectivity index (χ3v) is 2.22. The number of carbonyl (C=O) groups is 2. The summed E-state index contributed by atoms with van der Waals surface area (Å²) in [5, 5.41) is 0. The molecule has 0 unspecified atom stereocenters. The van der Waals surface area contributed by atoms with Gasteiger partial charge in [-0.15, -0.1) is 0 Å². The predicted molar refractivity (Wildman–Crippen MR) is 47.9 cm³/mol. The molecule has 1 aliphatic rings. The molecule has 0 spiro atoms. The highest BCUT2D eigenvalue weighted by molar-refractivity contribution is 6.22. The number of nitrogen functional groups attached to an aromatic ring is 1. The van der Waals surface area contributed by atoms with E-state index >= 15 is 0 Å². The Morgan fingerprint density at radius 1 is 1.18 bits per heavy atom. The van der Waals surface area contributed by atoms with E-state index in [2.05, 4.69) is 9.97 Å². The van der Waals surface area contributed by atoms with E-state index in [1.165, 1.54) is 0 Å². The molecule has 2 amide bonds. The van der Waals surface area contributed by atoms with Crippen molar-refractivity contribution < 1.29 is 22.8 Å². The zero-order chi connectivity index (χ0) is 13.0. The van der Waals surface area contributed by atoms with Crippen molar-refractivity contribution in [3.8, 4) is 0 Å². The Hall–Kier alpha value is -2.19. The van der Waals surface area contributed by atoms with Gasteiger partial charge in [-0.25, -0.2) is 9.97 Å². The van der Waals surface area contributed by atoms with Crippen LogP contribution in [0.4, 0.5) is 19.0 Å². The highest BCUT2D eigenvalue weighted by Crippen LogP contribution is 2.31. The van der Waals surface area contributed by atoms with Crippen molar-refractivity contribution in [1.82, 2.24) is 14.9 Å². The summed E-state index contributed by atoms with van der Waals surface area (Å²) in [6, 6.07) is 0. The second kappa shape index (κ2) is 3.15. The van der Waals surface area contributed by atoms with Crippen LogP contribution in [0.25, 0.3) is 0 Å². The molecule has 17 heavy (non-hydrogen) atoms. The Kier molecular flexibility index (Phi) is 2.10. The molecule has 0 saturated carbocycles. The predicted octanol–water partition coefficient (Wildman–Crippen LogP) is 0.303. The molecular weight excluding hydrogens is 241 g/mol. The molecule has 1 aromatic rings. The number of alkyl halides is 3. The SMILES string of the molecule is CN1C(=O)c2nc(C(F)(F)F)nc(N)c2C1=O. The first-order chi connectivity index (χ1) is 7.73. The van der Waals surface area contributed by atoms with Gasteiger partial charge < -0.3 is 5.73 Å². The van der Waals surface area contributed by atoms with Crippen LogP contribution in [0.1, 0.15) is 26.7 Å². The number of hydrogen-bond acceptors (Lipinski definition) is 5. The summed E-state index contributed by atoms with van der Waals surface area (Å²) in [6.45, 7) is 0. The third kappa shape index (κ3) is 1.50. The molecule has 2 heterocycles. The summed E-state index contributed by atoms with van der Waals surface area (Å²) in [6.07, 6.45) is -4.83. The number of halogens is 3. The van der Waals surface area contributed by atoms with Gasteiger partial charge in [-0.3, -0.25) is 14.5 Å². The van der Waals surface area contributed by atoms with Crippen molar-refractivity contribution in [2.24, 2.45) is 0 Å². The van der Waals surface area contributed by atoms with E-state index in [1.807, 2.05) is 0 Å². The zero-order valence-electron chi connectivity index (χ0n) is 8.37. The number of nitrogens with two attached hydrogens (primary N) is 1. The summed E-state index contributed by atoms with van der Waals surface area (Å²) in [5.41, 5.74) is 4.24. The van der Waals surface area contributed by atoms with Gasteiger partial charge in [0, 0.05) is 7.05 Å². The number of nitrogens with zero attached hydrogens (tertiary/aromatic N) is 3.